The normalized spacial score (nSPS) is 29.0. The second kappa shape index (κ2) is 13.1. The maximum atomic E-state index is 14.2. The number of anilines is 1. The molecule has 48 heavy (non-hydrogen) atoms. The smallest absolute Gasteiger partial charge is 0.261 e. The molecule has 2 saturated heterocycles. The van der Waals surface area contributed by atoms with E-state index >= 15 is 0 Å². The number of benzene rings is 2. The number of aromatic nitrogens is 2. The number of amides is 1. The summed E-state index contributed by atoms with van der Waals surface area (Å²) < 4.78 is 1.91. The van der Waals surface area contributed by atoms with Gasteiger partial charge in [0, 0.05) is 42.3 Å². The van der Waals surface area contributed by atoms with E-state index in [1.54, 1.807) is 0 Å². The maximum Gasteiger partial charge on any atom is 0.261 e. The first kappa shape index (κ1) is 33.1. The lowest BCUT2D eigenvalue weighted by Crippen LogP contribution is -2.58. The van der Waals surface area contributed by atoms with Gasteiger partial charge in [0.15, 0.2) is 5.96 Å². The molecule has 2 bridgehead atoms. The predicted octanol–water partition coefficient (Wildman–Crippen LogP) is 5.76. The van der Waals surface area contributed by atoms with Crippen LogP contribution >= 0.6 is 11.6 Å². The van der Waals surface area contributed by atoms with Gasteiger partial charge in [0.1, 0.15) is 5.82 Å². The van der Waals surface area contributed by atoms with E-state index in [9.17, 15) is 9.59 Å². The topological polar surface area (TPSA) is 94.9 Å². The molecule has 0 radical (unpaired) electrons. The van der Waals surface area contributed by atoms with Crippen LogP contribution in [-0.4, -0.2) is 76.5 Å². The molecule has 6 atom stereocenters. The van der Waals surface area contributed by atoms with Crippen LogP contribution < -0.4 is 16.2 Å². The predicted molar refractivity (Wildman–Crippen MR) is 194 cm³/mol. The van der Waals surface area contributed by atoms with Gasteiger partial charge in [-0.2, -0.15) is 0 Å². The van der Waals surface area contributed by atoms with Crippen molar-refractivity contribution in [1.29, 1.82) is 0 Å². The quantitative estimate of drug-likeness (QED) is 0.256. The van der Waals surface area contributed by atoms with Crippen LogP contribution in [0.3, 0.4) is 0 Å². The fourth-order valence-corrected chi connectivity index (χ4v) is 9.11. The number of nitrogens with zero attached hydrogens (tertiary/aromatic N) is 5. The zero-order valence-corrected chi connectivity index (χ0v) is 29.8. The van der Waals surface area contributed by atoms with E-state index < -0.39 is 0 Å². The number of hydrogen-bond acceptors (Lipinski definition) is 5. The molecule has 1 amide bonds. The number of fused-ring (bicyclic) bond motifs is 3. The molecule has 3 heterocycles. The van der Waals surface area contributed by atoms with Crippen LogP contribution in [0.4, 0.5) is 5.69 Å². The Morgan fingerprint density at radius 3 is 2.60 bits per heavy atom. The van der Waals surface area contributed by atoms with Crippen LogP contribution in [0.15, 0.2) is 52.3 Å². The molecule has 2 aliphatic heterocycles. The standard InChI is InChI=1S/C38H50ClN7O2/c1-23-20-45(22-34(47)40-23)37(43-32-18-27-17-31(24(32)2)38(27,3)4)41-29-12-13-30-33(19-29)42-35(26-7-6-15-44(5)21-26)46(36(30)48)16-14-25-8-10-28(39)11-9-25/h8-13,19,23-24,26-27,31-32H,6-7,14-18,20-22H2,1-5H3,(H,40,47)(H,41,43)/t23-,24-,26?,27-,31+,32?/m0/s1. The van der Waals surface area contributed by atoms with E-state index in [0.717, 1.165) is 61.8 Å². The molecule has 2 unspecified atom stereocenters. The number of piperazine rings is 1. The van der Waals surface area contributed by atoms with E-state index in [0.29, 0.717) is 52.2 Å². The first-order valence-corrected chi connectivity index (χ1v) is 18.2. The molecule has 3 aliphatic carbocycles. The Morgan fingerprint density at radius 2 is 1.90 bits per heavy atom. The summed E-state index contributed by atoms with van der Waals surface area (Å²) in [6, 6.07) is 13.9. The molecule has 256 valence electrons. The zero-order chi connectivity index (χ0) is 33.7. The van der Waals surface area contributed by atoms with E-state index in [1.165, 1.54) is 6.42 Å². The summed E-state index contributed by atoms with van der Waals surface area (Å²) in [6.07, 6.45) is 5.16. The molecule has 8 rings (SSSR count). The number of aliphatic imine (C=N–C) groups is 1. The fraction of sp³-hybridized carbons (Fsp3) is 0.579. The van der Waals surface area contributed by atoms with Gasteiger partial charge in [-0.1, -0.05) is 44.5 Å². The number of likely N-dealkylation sites (tertiary alicyclic amines) is 1. The SMILES string of the molecule is C[C@@H]1C(N=C(Nc2ccc3c(=O)n(CCc4ccc(Cl)cc4)c(C4CCCN(C)C4)nc3c2)N2CC(=O)N[C@@H](C)C2)C[C@@H]2C[C@H]1C2(C)C. The number of rotatable bonds is 6. The van der Waals surface area contributed by atoms with Crippen LogP contribution in [0.25, 0.3) is 10.9 Å². The molecule has 5 fully saturated rings. The zero-order valence-electron chi connectivity index (χ0n) is 29.0. The average molecular weight is 672 g/mol. The Labute approximate surface area is 289 Å². The molecule has 9 nitrogen and oxygen atoms in total. The van der Waals surface area contributed by atoms with Gasteiger partial charge in [-0.25, -0.2) is 9.98 Å². The molecular weight excluding hydrogens is 622 g/mol. The van der Waals surface area contributed by atoms with Crippen molar-refractivity contribution in [3.05, 3.63) is 69.2 Å². The molecular formula is C38H50ClN7O2. The van der Waals surface area contributed by atoms with Crippen molar-refractivity contribution in [2.45, 2.75) is 84.3 Å². The van der Waals surface area contributed by atoms with E-state index in [-0.39, 0.29) is 36.0 Å². The number of aryl methyl sites for hydroxylation is 1. The molecule has 3 saturated carbocycles. The molecule has 0 spiro atoms. The molecule has 1 aromatic heterocycles. The van der Waals surface area contributed by atoms with Gasteiger partial charge in [-0.3, -0.25) is 14.2 Å². The lowest BCUT2D eigenvalue weighted by atomic mass is 9.45. The van der Waals surface area contributed by atoms with E-state index in [1.807, 2.05) is 54.0 Å². The fourth-order valence-electron chi connectivity index (χ4n) is 8.98. The van der Waals surface area contributed by atoms with Crippen LogP contribution in [0.5, 0.6) is 0 Å². The molecule has 2 N–H and O–H groups in total. The lowest BCUT2D eigenvalue weighted by molar-refractivity contribution is -0.124. The third-order valence-electron chi connectivity index (χ3n) is 11.9. The van der Waals surface area contributed by atoms with Gasteiger partial charge in [-0.15, -0.1) is 0 Å². The summed E-state index contributed by atoms with van der Waals surface area (Å²) in [7, 11) is 2.14. The minimum absolute atomic E-state index is 0.00275. The van der Waals surface area contributed by atoms with Gasteiger partial charge in [0.25, 0.3) is 5.56 Å². The van der Waals surface area contributed by atoms with Crippen molar-refractivity contribution in [3.8, 4) is 0 Å². The highest BCUT2D eigenvalue weighted by Crippen LogP contribution is 2.61. The number of likely N-dealkylation sites (N-methyl/N-ethyl adjacent to an activating group) is 1. The van der Waals surface area contributed by atoms with Crippen LogP contribution in [-0.2, 0) is 17.8 Å². The summed E-state index contributed by atoms with van der Waals surface area (Å²) in [5, 5.41) is 7.98. The van der Waals surface area contributed by atoms with Crippen molar-refractivity contribution in [2.75, 3.05) is 38.5 Å². The highest BCUT2D eigenvalue weighted by atomic mass is 35.5. The number of piperidine rings is 1. The van der Waals surface area contributed by atoms with Gasteiger partial charge in [0.05, 0.1) is 23.5 Å². The van der Waals surface area contributed by atoms with Gasteiger partial charge < -0.3 is 20.4 Å². The Balaban J connectivity index is 1.23. The first-order chi connectivity index (χ1) is 23.0. The third-order valence-corrected chi connectivity index (χ3v) is 12.2. The Hall–Kier alpha value is -3.43. The largest absolute Gasteiger partial charge is 0.350 e. The molecule has 5 aliphatic rings. The number of hydrogen-bond donors (Lipinski definition) is 2. The number of nitrogens with one attached hydrogen (secondary N) is 2. The minimum Gasteiger partial charge on any atom is -0.350 e. The maximum absolute atomic E-state index is 14.2. The monoisotopic (exact) mass is 671 g/mol. The van der Waals surface area contributed by atoms with Crippen LogP contribution in [0, 0.1) is 23.2 Å². The highest BCUT2D eigenvalue weighted by Gasteiger charge is 2.56. The van der Waals surface area contributed by atoms with Crippen molar-refractivity contribution in [1.82, 2.24) is 24.7 Å². The summed E-state index contributed by atoms with van der Waals surface area (Å²) in [5.74, 6) is 3.59. The van der Waals surface area contributed by atoms with Gasteiger partial charge in [0.2, 0.25) is 5.91 Å². The summed E-state index contributed by atoms with van der Waals surface area (Å²) in [5.41, 5.74) is 3.02. The molecule has 10 heteroatoms. The number of carbonyl (C=O) groups is 1. The number of carbonyl (C=O) groups excluding carboxylic acids is 1. The van der Waals surface area contributed by atoms with Crippen LogP contribution in [0.2, 0.25) is 5.02 Å². The Morgan fingerprint density at radius 1 is 1.10 bits per heavy atom. The van der Waals surface area contributed by atoms with Gasteiger partial charge >= 0.3 is 0 Å². The summed E-state index contributed by atoms with van der Waals surface area (Å²) >= 11 is 6.13. The first-order valence-electron chi connectivity index (χ1n) is 17.8. The minimum atomic E-state index is -0.00275. The van der Waals surface area contributed by atoms with Crippen molar-refractivity contribution in [3.63, 3.8) is 0 Å². The van der Waals surface area contributed by atoms with Gasteiger partial charge in [-0.05, 0) is 112 Å². The highest BCUT2D eigenvalue weighted by molar-refractivity contribution is 6.30. The van der Waals surface area contributed by atoms with Crippen LogP contribution in [0.1, 0.15) is 70.7 Å². The number of halogens is 1. The van der Waals surface area contributed by atoms with Crippen molar-refractivity contribution >= 4 is 40.1 Å². The van der Waals surface area contributed by atoms with E-state index in [2.05, 4.69) is 48.3 Å². The Bertz CT molecular complexity index is 1770. The average Bonchev–Trinajstić information content (AvgIpc) is 3.04. The molecule has 2 aromatic carbocycles. The number of guanidine groups is 1. The van der Waals surface area contributed by atoms with Crippen molar-refractivity contribution < 1.29 is 4.79 Å². The molecule has 3 aromatic rings. The second-order valence-corrected chi connectivity index (χ2v) is 16.0. The van der Waals surface area contributed by atoms with E-state index in [4.69, 9.17) is 21.6 Å². The lowest BCUT2D eigenvalue weighted by Gasteiger charge is -2.61. The second-order valence-electron chi connectivity index (χ2n) is 15.6. The Kier molecular flexibility index (Phi) is 9.04. The third kappa shape index (κ3) is 6.48. The summed E-state index contributed by atoms with van der Waals surface area (Å²) in [6.45, 7) is 12.6. The van der Waals surface area contributed by atoms with Crippen molar-refractivity contribution in [2.24, 2.45) is 28.2 Å². The summed E-state index contributed by atoms with van der Waals surface area (Å²) in [4.78, 5) is 41.9.